The summed E-state index contributed by atoms with van der Waals surface area (Å²) in [6, 6.07) is 19.9. The number of hydrazone groups is 1. The Balaban J connectivity index is 2.29. The Morgan fingerprint density at radius 3 is 2.05 bits per heavy atom. The second-order valence-electron chi connectivity index (χ2n) is 5.10. The Kier molecular flexibility index (Phi) is 3.83. The Hall–Kier alpha value is -2.37. The van der Waals surface area contributed by atoms with Crippen LogP contribution < -0.4 is 5.84 Å². The second kappa shape index (κ2) is 5.79. The molecule has 0 radical (unpaired) electrons. The average Bonchev–Trinajstić information content (AvgIpc) is 2.89. The number of hydrogen-bond acceptors (Lipinski definition) is 4. The Morgan fingerprint density at radius 2 is 1.55 bits per heavy atom. The van der Waals surface area contributed by atoms with Crippen molar-refractivity contribution in [1.82, 2.24) is 0 Å². The van der Waals surface area contributed by atoms with Crippen LogP contribution in [0.15, 0.2) is 65.8 Å². The number of nitrogens with zero attached hydrogens (tertiary/aromatic N) is 2. The van der Waals surface area contributed by atoms with Gasteiger partial charge in [0.05, 0.1) is 12.0 Å². The molecule has 0 bridgehead atoms. The third kappa shape index (κ3) is 2.24. The molecule has 2 N–H and O–H groups in total. The predicted molar refractivity (Wildman–Crippen MR) is 91.2 cm³/mol. The van der Waals surface area contributed by atoms with Gasteiger partial charge in [-0.1, -0.05) is 48.5 Å². The van der Waals surface area contributed by atoms with Crippen LogP contribution >= 0.6 is 11.8 Å². The fourth-order valence-electron chi connectivity index (χ4n) is 2.57. The quantitative estimate of drug-likeness (QED) is 0.410. The lowest BCUT2D eigenvalue weighted by Crippen LogP contribution is -2.42. The van der Waals surface area contributed by atoms with Gasteiger partial charge in [0.1, 0.15) is 0 Å². The number of thioether (sulfide) groups is 1. The molecule has 0 aromatic heterocycles. The van der Waals surface area contributed by atoms with E-state index in [9.17, 15) is 4.79 Å². The van der Waals surface area contributed by atoms with Crippen LogP contribution in [0.4, 0.5) is 0 Å². The van der Waals surface area contributed by atoms with E-state index >= 15 is 0 Å². The van der Waals surface area contributed by atoms with Crippen molar-refractivity contribution < 1.29 is 9.28 Å². The number of hydrogen-bond donors (Lipinski definition) is 1. The molecule has 0 saturated heterocycles. The van der Waals surface area contributed by atoms with Crippen LogP contribution in [0.25, 0.3) is 10.6 Å². The molecule has 2 aromatic rings. The summed E-state index contributed by atoms with van der Waals surface area (Å²) in [4.78, 5) is 12.9. The first-order valence-corrected chi connectivity index (χ1v) is 7.67. The molecule has 3 rings (SSSR count). The summed E-state index contributed by atoms with van der Waals surface area (Å²) in [6.07, 6.45) is 0.872. The van der Waals surface area contributed by atoms with Gasteiger partial charge in [-0.3, -0.25) is 0 Å². The number of benzene rings is 2. The van der Waals surface area contributed by atoms with Gasteiger partial charge in [0.25, 0.3) is 5.17 Å². The zero-order chi connectivity index (χ0) is 15.6. The van der Waals surface area contributed by atoms with E-state index in [4.69, 9.17) is 5.84 Å². The smallest absolute Gasteiger partial charge is 0.313 e. The fourth-order valence-corrected chi connectivity index (χ4v) is 3.78. The maximum absolute atomic E-state index is 11.8. The lowest BCUT2D eigenvalue weighted by Gasteiger charge is -2.22. The molecule has 2 aromatic carbocycles. The third-order valence-corrected chi connectivity index (χ3v) is 4.98. The van der Waals surface area contributed by atoms with Gasteiger partial charge in [0.15, 0.2) is 5.70 Å². The van der Waals surface area contributed by atoms with Crippen LogP contribution in [-0.2, 0) is 4.79 Å². The second-order valence-corrected chi connectivity index (χ2v) is 6.08. The van der Waals surface area contributed by atoms with Crippen molar-refractivity contribution >= 4 is 33.9 Å². The first kappa shape index (κ1) is 14.6. The summed E-state index contributed by atoms with van der Waals surface area (Å²) >= 11 is 1.44. The van der Waals surface area contributed by atoms with Crippen LogP contribution in [0.3, 0.4) is 0 Å². The molecular formula is C17H16N3OS+. The van der Waals surface area contributed by atoms with Gasteiger partial charge in [-0.05, 0) is 29.5 Å². The van der Waals surface area contributed by atoms with Crippen molar-refractivity contribution in [3.8, 4) is 0 Å². The maximum Gasteiger partial charge on any atom is 0.313 e. The van der Waals surface area contributed by atoms with Gasteiger partial charge < -0.3 is 5.84 Å². The molecule has 0 saturated carbocycles. The average molecular weight is 310 g/mol. The Bertz CT molecular complexity index is 756. The molecule has 1 unspecified atom stereocenters. The SMILES string of the molecule is C[N+]1(C=O)C(=NN)SC(c2ccccc2)=C1c1ccccc1. The van der Waals surface area contributed by atoms with E-state index in [1.807, 2.05) is 67.7 Å². The van der Waals surface area contributed by atoms with Crippen LogP contribution in [0.1, 0.15) is 11.1 Å². The van der Waals surface area contributed by atoms with Crippen molar-refractivity contribution in [2.45, 2.75) is 0 Å². The third-order valence-electron chi connectivity index (χ3n) is 3.67. The monoisotopic (exact) mass is 310 g/mol. The zero-order valence-electron chi connectivity index (χ0n) is 12.1. The fraction of sp³-hybridized carbons (Fsp3) is 0.0588. The van der Waals surface area contributed by atoms with Crippen molar-refractivity contribution in [1.29, 1.82) is 0 Å². The van der Waals surface area contributed by atoms with Crippen LogP contribution in [-0.4, -0.2) is 23.1 Å². The largest absolute Gasteiger partial charge is 0.317 e. The number of quaternary nitrogens is 1. The lowest BCUT2D eigenvalue weighted by molar-refractivity contribution is -0.643. The van der Waals surface area contributed by atoms with Crippen molar-refractivity contribution in [3.63, 3.8) is 0 Å². The highest BCUT2D eigenvalue weighted by molar-refractivity contribution is 8.22. The Labute approximate surface area is 133 Å². The van der Waals surface area contributed by atoms with E-state index in [1.54, 1.807) is 0 Å². The standard InChI is InChI=1S/C17H16N3OS/c1-20(12-21)15(13-8-4-2-5-9-13)16(22-17(20)19-18)14-10-6-3-7-11-14/h2-12H,18H2,1H3/q+1. The molecule has 0 fully saturated rings. The van der Waals surface area contributed by atoms with Crippen molar-refractivity contribution in [2.24, 2.45) is 10.9 Å². The van der Waals surface area contributed by atoms with E-state index in [0.29, 0.717) is 5.17 Å². The lowest BCUT2D eigenvalue weighted by atomic mass is 10.1. The summed E-state index contributed by atoms with van der Waals surface area (Å²) < 4.78 is -0.0462. The first-order valence-electron chi connectivity index (χ1n) is 6.85. The number of carbonyl (C=O) groups excluding carboxylic acids is 1. The van der Waals surface area contributed by atoms with E-state index < -0.39 is 0 Å². The minimum Gasteiger partial charge on any atom is -0.317 e. The van der Waals surface area contributed by atoms with Gasteiger partial charge in [-0.25, -0.2) is 4.79 Å². The molecule has 0 spiro atoms. The highest BCUT2D eigenvalue weighted by Crippen LogP contribution is 2.48. The van der Waals surface area contributed by atoms with Crippen molar-refractivity contribution in [2.75, 3.05) is 7.05 Å². The Morgan fingerprint density at radius 1 is 1.00 bits per heavy atom. The summed E-state index contributed by atoms with van der Waals surface area (Å²) in [5.41, 5.74) is 2.94. The molecule has 5 heteroatoms. The minimum atomic E-state index is -0.0462. The number of amidine groups is 1. The van der Waals surface area contributed by atoms with E-state index in [1.165, 1.54) is 11.8 Å². The topological polar surface area (TPSA) is 55.5 Å². The molecule has 1 heterocycles. The van der Waals surface area contributed by atoms with Gasteiger partial charge in [0.2, 0.25) is 0 Å². The summed E-state index contributed by atoms with van der Waals surface area (Å²) in [5, 5.41) is 4.40. The van der Waals surface area contributed by atoms with Gasteiger partial charge in [-0.15, -0.1) is 5.10 Å². The van der Waals surface area contributed by atoms with Crippen LogP contribution in [0, 0.1) is 0 Å². The molecule has 1 atom stereocenters. The number of amides is 1. The van der Waals surface area contributed by atoms with Crippen LogP contribution in [0.5, 0.6) is 0 Å². The number of nitrogens with two attached hydrogens (primary N) is 1. The first-order chi connectivity index (χ1) is 10.7. The highest BCUT2D eigenvalue weighted by Gasteiger charge is 2.46. The van der Waals surface area contributed by atoms with E-state index in [-0.39, 0.29) is 4.48 Å². The zero-order valence-corrected chi connectivity index (χ0v) is 13.0. The predicted octanol–water partition coefficient (Wildman–Crippen LogP) is 3.09. The molecule has 22 heavy (non-hydrogen) atoms. The van der Waals surface area contributed by atoms with E-state index in [0.717, 1.165) is 28.1 Å². The number of carbonyl (C=O) groups is 1. The molecule has 110 valence electrons. The van der Waals surface area contributed by atoms with Gasteiger partial charge in [0, 0.05) is 5.56 Å². The maximum atomic E-state index is 11.8. The van der Waals surface area contributed by atoms with Gasteiger partial charge in [-0.2, -0.15) is 4.48 Å². The summed E-state index contributed by atoms with van der Waals surface area (Å²) in [6.45, 7) is 0. The van der Waals surface area contributed by atoms with Crippen molar-refractivity contribution in [3.05, 3.63) is 71.8 Å². The molecule has 1 aliphatic rings. The summed E-state index contributed by atoms with van der Waals surface area (Å²) in [5.74, 6) is 5.53. The van der Waals surface area contributed by atoms with Crippen LogP contribution in [0.2, 0.25) is 0 Å². The molecular weight excluding hydrogens is 294 g/mol. The molecule has 1 aliphatic heterocycles. The number of rotatable bonds is 3. The molecule has 0 aliphatic carbocycles. The highest BCUT2D eigenvalue weighted by atomic mass is 32.2. The summed E-state index contributed by atoms with van der Waals surface area (Å²) in [7, 11) is 1.81. The minimum absolute atomic E-state index is 0.0462. The normalized spacial score (nSPS) is 23.0. The van der Waals surface area contributed by atoms with E-state index in [2.05, 4.69) is 5.10 Å². The molecule has 4 nitrogen and oxygen atoms in total. The molecule has 1 amide bonds. The van der Waals surface area contributed by atoms with Gasteiger partial charge >= 0.3 is 6.41 Å².